The number of carbonyl (C=O) groups excluding carboxylic acids is 1. The number of aliphatic hydroxyl groups excluding tert-OH is 2. The number of aryl methyl sites for hydroxylation is 1. The van der Waals surface area contributed by atoms with Crippen LogP contribution in [0.15, 0.2) is 42.7 Å². The van der Waals surface area contributed by atoms with Gasteiger partial charge in [0, 0.05) is 31.0 Å². The number of hydrogen-bond donors (Lipinski definition) is 3. The Kier molecular flexibility index (Phi) is 9.89. The molecule has 4 rings (SSSR count). The molecular weight excluding hydrogens is 446 g/mol. The van der Waals surface area contributed by atoms with Crippen molar-refractivity contribution in [1.82, 2.24) is 15.2 Å². The molecule has 2 atom stereocenters. The number of likely N-dealkylation sites (tertiary alicyclic amines) is 1. The van der Waals surface area contributed by atoms with E-state index in [0.717, 1.165) is 42.7 Å². The number of amides is 1. The number of carbonyl (C=O) groups is 1. The van der Waals surface area contributed by atoms with Crippen molar-refractivity contribution in [2.75, 3.05) is 32.9 Å². The Hall–Kier alpha value is -2.68. The zero-order chi connectivity index (χ0) is 25.3. The number of pyridine rings is 1. The lowest BCUT2D eigenvalue weighted by Crippen LogP contribution is -2.54. The second kappa shape index (κ2) is 12.9. The Labute approximate surface area is 208 Å². The zero-order valence-electron chi connectivity index (χ0n) is 21.1. The van der Waals surface area contributed by atoms with Gasteiger partial charge in [0.15, 0.2) is 0 Å². The van der Waals surface area contributed by atoms with Gasteiger partial charge >= 0.3 is 6.09 Å². The molecule has 2 fully saturated rings. The Morgan fingerprint density at radius 3 is 2.57 bits per heavy atom. The summed E-state index contributed by atoms with van der Waals surface area (Å²) in [5.41, 5.74) is 2.98. The van der Waals surface area contributed by atoms with Gasteiger partial charge in [-0.05, 0) is 70.2 Å². The van der Waals surface area contributed by atoms with E-state index in [1.54, 1.807) is 11.1 Å². The predicted octanol–water partition coefficient (Wildman–Crippen LogP) is 3.40. The van der Waals surface area contributed by atoms with Gasteiger partial charge in [-0.1, -0.05) is 24.3 Å². The van der Waals surface area contributed by atoms with Crippen molar-refractivity contribution < 1.29 is 24.5 Å². The lowest BCUT2D eigenvalue weighted by Gasteiger charge is -2.40. The Morgan fingerprint density at radius 2 is 1.97 bits per heavy atom. The van der Waals surface area contributed by atoms with Crippen LogP contribution in [0, 0.1) is 0 Å². The summed E-state index contributed by atoms with van der Waals surface area (Å²) >= 11 is 0. The van der Waals surface area contributed by atoms with E-state index in [9.17, 15) is 4.79 Å². The average Bonchev–Trinajstić information content (AvgIpc) is 2.76. The summed E-state index contributed by atoms with van der Waals surface area (Å²) < 4.78 is 11.0. The van der Waals surface area contributed by atoms with Gasteiger partial charge in [-0.15, -0.1) is 0 Å². The molecule has 0 aliphatic carbocycles. The maximum atomic E-state index is 11.4. The molecule has 1 aromatic carbocycles. The summed E-state index contributed by atoms with van der Waals surface area (Å²) in [7, 11) is 0. The van der Waals surface area contributed by atoms with E-state index in [2.05, 4.69) is 28.5 Å². The highest BCUT2D eigenvalue weighted by Crippen LogP contribution is 2.24. The number of nitrogens with one attached hydrogen (secondary N) is 1. The summed E-state index contributed by atoms with van der Waals surface area (Å²) in [6, 6.07) is 10.9. The van der Waals surface area contributed by atoms with Crippen LogP contribution in [0.5, 0.6) is 5.75 Å². The van der Waals surface area contributed by atoms with Crippen molar-refractivity contribution in [2.45, 2.75) is 64.1 Å². The van der Waals surface area contributed by atoms with Crippen molar-refractivity contribution >= 4 is 6.09 Å². The molecule has 0 spiro atoms. The Bertz CT molecular complexity index is 940. The van der Waals surface area contributed by atoms with Crippen LogP contribution in [0.25, 0.3) is 11.1 Å². The van der Waals surface area contributed by atoms with Gasteiger partial charge in [0.1, 0.15) is 18.0 Å². The quantitative estimate of drug-likeness (QED) is 0.526. The molecule has 0 saturated carbocycles. The molecule has 1 aromatic heterocycles. The highest BCUT2D eigenvalue weighted by molar-refractivity contribution is 5.69. The summed E-state index contributed by atoms with van der Waals surface area (Å²) in [6.45, 7) is 8.23. The summed E-state index contributed by atoms with van der Waals surface area (Å²) in [5, 5.41) is 21.1. The molecule has 0 unspecified atom stereocenters. The lowest BCUT2D eigenvalue weighted by atomic mass is 10.0. The molecule has 3 N–H and O–H groups in total. The van der Waals surface area contributed by atoms with E-state index in [1.165, 1.54) is 12.0 Å². The number of hydrogen-bond acceptors (Lipinski definition) is 7. The van der Waals surface area contributed by atoms with Crippen LogP contribution in [0.2, 0.25) is 0 Å². The fraction of sp³-hybridized carbons (Fsp3) is 0.556. The van der Waals surface area contributed by atoms with Gasteiger partial charge in [0.2, 0.25) is 0 Å². The van der Waals surface area contributed by atoms with E-state index in [4.69, 9.17) is 19.7 Å². The topological polar surface area (TPSA) is 104 Å². The molecule has 8 heteroatoms. The maximum absolute atomic E-state index is 11.4. The number of ether oxygens (including phenoxy) is 2. The molecule has 1 amide bonds. The number of aliphatic hydroxyl groups is 2. The lowest BCUT2D eigenvalue weighted by molar-refractivity contribution is -0.0166. The van der Waals surface area contributed by atoms with Crippen LogP contribution in [0.4, 0.5) is 4.79 Å². The summed E-state index contributed by atoms with van der Waals surface area (Å²) in [5.74, 6) is 0.812. The average molecular weight is 486 g/mol. The Morgan fingerprint density at radius 1 is 1.17 bits per heavy atom. The third-order valence-electron chi connectivity index (χ3n) is 5.96. The molecule has 8 nitrogen and oxygen atoms in total. The molecule has 2 aliphatic heterocycles. The van der Waals surface area contributed by atoms with E-state index in [0.29, 0.717) is 19.2 Å². The molecule has 3 heterocycles. The molecule has 2 aliphatic rings. The molecule has 2 aromatic rings. The number of benzene rings is 1. The molecule has 0 radical (unpaired) electrons. The van der Waals surface area contributed by atoms with Gasteiger partial charge < -0.3 is 29.9 Å². The minimum absolute atomic E-state index is 0.0270. The number of aromatic nitrogens is 1. The number of nitrogens with zero attached hydrogens (tertiary/aromatic N) is 2. The van der Waals surface area contributed by atoms with Crippen LogP contribution in [-0.4, -0.2) is 76.8 Å². The van der Waals surface area contributed by atoms with Gasteiger partial charge in [-0.25, -0.2) is 4.79 Å². The molecule has 35 heavy (non-hydrogen) atoms. The van der Waals surface area contributed by atoms with Gasteiger partial charge in [-0.2, -0.15) is 0 Å². The molecule has 0 bridgehead atoms. The monoisotopic (exact) mass is 485 g/mol. The molecular formula is C27H39N3O5. The van der Waals surface area contributed by atoms with Crippen molar-refractivity contribution in [3.63, 3.8) is 0 Å². The Balaban J connectivity index is 0.000000225. The van der Waals surface area contributed by atoms with Crippen molar-refractivity contribution in [2.24, 2.45) is 0 Å². The van der Waals surface area contributed by atoms with Crippen LogP contribution in [0.3, 0.4) is 0 Å². The van der Waals surface area contributed by atoms with Crippen LogP contribution in [-0.2, 0) is 11.2 Å². The summed E-state index contributed by atoms with van der Waals surface area (Å²) in [4.78, 5) is 17.3. The highest BCUT2D eigenvalue weighted by Gasteiger charge is 2.34. The van der Waals surface area contributed by atoms with E-state index < -0.39 is 5.60 Å². The third kappa shape index (κ3) is 8.49. The fourth-order valence-electron chi connectivity index (χ4n) is 3.72. The van der Waals surface area contributed by atoms with Gasteiger partial charge in [-0.3, -0.25) is 4.98 Å². The first-order valence-corrected chi connectivity index (χ1v) is 12.4. The normalized spacial score (nSPS) is 19.1. The minimum Gasteiger partial charge on any atom is -0.490 e. The second-order valence-electron chi connectivity index (χ2n) is 9.99. The highest BCUT2D eigenvalue weighted by atomic mass is 16.6. The molecule has 2 saturated heterocycles. The number of rotatable bonds is 8. The van der Waals surface area contributed by atoms with Crippen molar-refractivity contribution in [3.05, 3.63) is 48.3 Å². The smallest absolute Gasteiger partial charge is 0.410 e. The van der Waals surface area contributed by atoms with Crippen LogP contribution in [0.1, 0.15) is 45.6 Å². The first kappa shape index (κ1) is 26.9. The van der Waals surface area contributed by atoms with Crippen molar-refractivity contribution in [3.8, 4) is 16.9 Å². The first-order chi connectivity index (χ1) is 16.8. The third-order valence-corrected chi connectivity index (χ3v) is 5.96. The maximum Gasteiger partial charge on any atom is 0.410 e. The molecule has 192 valence electrons. The minimum atomic E-state index is -0.452. The first-order valence-electron chi connectivity index (χ1n) is 12.4. The zero-order valence-corrected chi connectivity index (χ0v) is 21.1. The SMILES string of the molecule is CC(C)(C)OC(=O)N1CC[C@@H]1CO.OCCCc1cccc(-c2cncc(OC[C@H]3CCN3)c2)c1. The largest absolute Gasteiger partial charge is 0.490 e. The predicted molar refractivity (Wildman–Crippen MR) is 135 cm³/mol. The van der Waals surface area contributed by atoms with Crippen molar-refractivity contribution in [1.29, 1.82) is 0 Å². The standard InChI is InChI=1S/C18H22N2O2.C9H17NO3/c21-8-2-4-14-3-1-5-15(9-14)16-10-18(12-19-11-16)22-13-17-6-7-20-17;1-9(2,3)13-8(12)10-5-4-7(10)6-11/h1,3,5,9-12,17,20-21H,2,4,6-8,13H2;7,11H,4-6H2,1-3H3/t17-;7-/m11/s1. The second-order valence-corrected chi connectivity index (χ2v) is 9.99. The van der Waals surface area contributed by atoms with Gasteiger partial charge in [0.05, 0.1) is 18.8 Å². The van der Waals surface area contributed by atoms with Gasteiger partial charge in [0.25, 0.3) is 0 Å². The fourth-order valence-corrected chi connectivity index (χ4v) is 3.72. The van der Waals surface area contributed by atoms with E-state index in [1.807, 2.05) is 39.1 Å². The van der Waals surface area contributed by atoms with E-state index >= 15 is 0 Å². The van der Waals surface area contributed by atoms with E-state index in [-0.39, 0.29) is 25.3 Å². The van der Waals surface area contributed by atoms with Crippen LogP contribution < -0.4 is 10.1 Å². The van der Waals surface area contributed by atoms with Crippen LogP contribution >= 0.6 is 0 Å². The summed E-state index contributed by atoms with van der Waals surface area (Å²) in [6.07, 6.45) is 7.03.